The summed E-state index contributed by atoms with van der Waals surface area (Å²) in [4.78, 5) is 0. The van der Waals surface area contributed by atoms with Gasteiger partial charge in [0.1, 0.15) is 0 Å². The molecular weight excluding hydrogens is 108 g/mol. The van der Waals surface area contributed by atoms with Crippen molar-refractivity contribution in [3.8, 4) is 0 Å². The summed E-state index contributed by atoms with van der Waals surface area (Å²) in [5, 5.41) is 0. The molecule has 3 atom stereocenters. The van der Waals surface area contributed by atoms with Crippen LogP contribution < -0.4 is 0 Å². The fourth-order valence-electron chi connectivity index (χ4n) is 2.22. The van der Waals surface area contributed by atoms with Gasteiger partial charge in [-0.1, -0.05) is 19.1 Å². The Labute approximate surface area is 57.0 Å². The molecule has 0 unspecified atom stereocenters. The molecule has 2 bridgehead atoms. The molecule has 0 aromatic carbocycles. The molecule has 0 saturated heterocycles. The Bertz CT molecular complexity index is 135. The van der Waals surface area contributed by atoms with Gasteiger partial charge in [-0.2, -0.15) is 0 Å². The lowest BCUT2D eigenvalue weighted by atomic mass is 9.70. The lowest BCUT2D eigenvalue weighted by molar-refractivity contribution is 0.238. The predicted octanol–water partition coefficient (Wildman–Crippen LogP) is 2.61. The molecule has 0 aliphatic heterocycles. The standard InChI is InChI=1S/C9H14/c1-7-6-8-2-4-9(7)5-3-8/h2,4,7-9H,3,5-6H2,1H3/t7-,8+,9-/m1/s1. The van der Waals surface area contributed by atoms with E-state index < -0.39 is 0 Å². The van der Waals surface area contributed by atoms with E-state index in [1.165, 1.54) is 19.3 Å². The van der Waals surface area contributed by atoms with Crippen LogP contribution in [0.3, 0.4) is 0 Å². The third-order valence-corrected chi connectivity index (χ3v) is 2.91. The molecule has 0 aromatic rings. The van der Waals surface area contributed by atoms with Gasteiger partial charge < -0.3 is 0 Å². The summed E-state index contributed by atoms with van der Waals surface area (Å²) in [5.41, 5.74) is 0. The van der Waals surface area contributed by atoms with Crippen molar-refractivity contribution >= 4 is 0 Å². The van der Waals surface area contributed by atoms with Crippen LogP contribution in [0, 0.1) is 17.8 Å². The first-order chi connectivity index (χ1) is 4.36. The molecule has 0 radical (unpaired) electrons. The number of hydrogen-bond donors (Lipinski definition) is 0. The van der Waals surface area contributed by atoms with Gasteiger partial charge in [0.05, 0.1) is 0 Å². The molecule has 0 heteroatoms. The van der Waals surface area contributed by atoms with Gasteiger partial charge in [-0.25, -0.2) is 0 Å². The second kappa shape index (κ2) is 1.86. The minimum absolute atomic E-state index is 0.940. The van der Waals surface area contributed by atoms with Crippen molar-refractivity contribution in [3.05, 3.63) is 12.2 Å². The zero-order valence-electron chi connectivity index (χ0n) is 6.01. The zero-order chi connectivity index (χ0) is 6.27. The summed E-state index contributed by atoms with van der Waals surface area (Å²) in [6.45, 7) is 2.39. The topological polar surface area (TPSA) is 0 Å². The maximum Gasteiger partial charge on any atom is -0.0207 e. The Morgan fingerprint density at radius 2 is 2.11 bits per heavy atom. The number of fused-ring (bicyclic) bond motifs is 2. The van der Waals surface area contributed by atoms with Gasteiger partial charge in [-0.15, -0.1) is 0 Å². The Morgan fingerprint density at radius 3 is 2.33 bits per heavy atom. The molecule has 3 aliphatic rings. The third-order valence-electron chi connectivity index (χ3n) is 2.91. The van der Waals surface area contributed by atoms with E-state index in [2.05, 4.69) is 19.1 Å². The van der Waals surface area contributed by atoms with Crippen LogP contribution in [0.4, 0.5) is 0 Å². The average molecular weight is 122 g/mol. The molecule has 0 spiro atoms. The predicted molar refractivity (Wildman–Crippen MR) is 39.1 cm³/mol. The summed E-state index contributed by atoms with van der Waals surface area (Å²) in [6, 6.07) is 0. The summed E-state index contributed by atoms with van der Waals surface area (Å²) >= 11 is 0. The second-order valence-corrected chi connectivity index (χ2v) is 3.60. The first-order valence-electron chi connectivity index (χ1n) is 4.04. The molecule has 9 heavy (non-hydrogen) atoms. The third kappa shape index (κ3) is 0.810. The van der Waals surface area contributed by atoms with Crippen LogP contribution in [-0.4, -0.2) is 0 Å². The largest absolute Gasteiger partial charge is 0.0851 e. The Hall–Kier alpha value is -0.260. The molecule has 1 saturated carbocycles. The van der Waals surface area contributed by atoms with Crippen molar-refractivity contribution in [2.75, 3.05) is 0 Å². The van der Waals surface area contributed by atoms with E-state index >= 15 is 0 Å². The fourth-order valence-corrected chi connectivity index (χ4v) is 2.22. The van der Waals surface area contributed by atoms with Gasteiger partial charge in [0.25, 0.3) is 0 Å². The van der Waals surface area contributed by atoms with Crippen LogP contribution in [0.5, 0.6) is 0 Å². The van der Waals surface area contributed by atoms with Crippen LogP contribution in [0.1, 0.15) is 26.2 Å². The number of hydrogen-bond acceptors (Lipinski definition) is 0. The molecule has 3 rings (SSSR count). The van der Waals surface area contributed by atoms with Crippen LogP contribution >= 0.6 is 0 Å². The molecule has 0 heterocycles. The minimum atomic E-state index is 0.940. The average Bonchev–Trinajstić information content (AvgIpc) is 1.90. The van der Waals surface area contributed by atoms with Crippen LogP contribution in [0.2, 0.25) is 0 Å². The Kier molecular flexibility index (Phi) is 1.14. The smallest absolute Gasteiger partial charge is 0.0207 e. The van der Waals surface area contributed by atoms with Gasteiger partial charge in [0, 0.05) is 0 Å². The summed E-state index contributed by atoms with van der Waals surface area (Å²) in [7, 11) is 0. The Morgan fingerprint density at radius 1 is 1.22 bits per heavy atom. The van der Waals surface area contributed by atoms with Gasteiger partial charge >= 0.3 is 0 Å². The van der Waals surface area contributed by atoms with E-state index in [0.717, 1.165) is 17.8 Å². The molecular formula is C9H14. The van der Waals surface area contributed by atoms with Crippen molar-refractivity contribution in [1.29, 1.82) is 0 Å². The highest BCUT2D eigenvalue weighted by molar-refractivity contribution is 5.04. The maximum atomic E-state index is 2.43. The zero-order valence-corrected chi connectivity index (χ0v) is 6.01. The minimum Gasteiger partial charge on any atom is -0.0851 e. The molecule has 1 fully saturated rings. The normalized spacial score (nSPS) is 47.9. The lowest BCUT2D eigenvalue weighted by Crippen LogP contribution is -2.24. The summed E-state index contributed by atoms with van der Waals surface area (Å²) in [6.07, 6.45) is 9.24. The van der Waals surface area contributed by atoms with Gasteiger partial charge in [-0.05, 0) is 37.0 Å². The second-order valence-electron chi connectivity index (χ2n) is 3.60. The SMILES string of the molecule is C[C@@H]1C[C@H]2C=C[C@@H]1CC2. The van der Waals surface area contributed by atoms with E-state index in [1.54, 1.807) is 0 Å². The van der Waals surface area contributed by atoms with E-state index in [9.17, 15) is 0 Å². The summed E-state index contributed by atoms with van der Waals surface area (Å²) < 4.78 is 0. The van der Waals surface area contributed by atoms with Crippen LogP contribution in [-0.2, 0) is 0 Å². The van der Waals surface area contributed by atoms with E-state index in [1.807, 2.05) is 0 Å². The highest BCUT2D eigenvalue weighted by Gasteiger charge is 2.28. The number of rotatable bonds is 0. The van der Waals surface area contributed by atoms with Crippen LogP contribution in [0.25, 0.3) is 0 Å². The lowest BCUT2D eigenvalue weighted by Gasteiger charge is -2.35. The van der Waals surface area contributed by atoms with Crippen molar-refractivity contribution in [3.63, 3.8) is 0 Å². The van der Waals surface area contributed by atoms with E-state index in [-0.39, 0.29) is 0 Å². The van der Waals surface area contributed by atoms with E-state index in [4.69, 9.17) is 0 Å². The molecule has 0 amide bonds. The molecule has 0 aromatic heterocycles. The van der Waals surface area contributed by atoms with Gasteiger partial charge in [-0.3, -0.25) is 0 Å². The van der Waals surface area contributed by atoms with Crippen molar-refractivity contribution in [2.45, 2.75) is 26.2 Å². The quantitative estimate of drug-likeness (QED) is 0.433. The maximum absolute atomic E-state index is 2.43. The van der Waals surface area contributed by atoms with Crippen molar-refractivity contribution in [2.24, 2.45) is 17.8 Å². The summed E-state index contributed by atoms with van der Waals surface area (Å²) in [5.74, 6) is 2.87. The molecule has 50 valence electrons. The van der Waals surface area contributed by atoms with Gasteiger partial charge in [0.15, 0.2) is 0 Å². The highest BCUT2D eigenvalue weighted by atomic mass is 14.3. The first kappa shape index (κ1) is 5.52. The van der Waals surface area contributed by atoms with Crippen molar-refractivity contribution < 1.29 is 0 Å². The molecule has 0 N–H and O–H groups in total. The highest BCUT2D eigenvalue weighted by Crippen LogP contribution is 2.39. The fraction of sp³-hybridized carbons (Fsp3) is 0.778. The van der Waals surface area contributed by atoms with Crippen LogP contribution in [0.15, 0.2) is 12.2 Å². The molecule has 0 nitrogen and oxygen atoms in total. The van der Waals surface area contributed by atoms with Crippen molar-refractivity contribution in [1.82, 2.24) is 0 Å². The molecule has 3 aliphatic carbocycles. The van der Waals surface area contributed by atoms with Gasteiger partial charge in [0.2, 0.25) is 0 Å². The number of allylic oxidation sites excluding steroid dienone is 2. The Balaban J connectivity index is 2.20. The van der Waals surface area contributed by atoms with E-state index in [0.29, 0.717) is 0 Å². The first-order valence-corrected chi connectivity index (χ1v) is 4.04. The monoisotopic (exact) mass is 122 g/mol.